The number of carbonyl (C=O) groups is 2. The molecule has 1 aliphatic rings. The van der Waals surface area contributed by atoms with E-state index in [1.807, 2.05) is 19.3 Å². The van der Waals surface area contributed by atoms with Crippen LogP contribution in [0, 0.1) is 12.8 Å². The quantitative estimate of drug-likeness (QED) is 0.649. The van der Waals surface area contributed by atoms with Crippen LogP contribution >= 0.6 is 0 Å². The Hall–Kier alpha value is -3.75. The summed E-state index contributed by atoms with van der Waals surface area (Å²) in [6.07, 6.45) is 9.01. The molecule has 4 rings (SSSR count). The van der Waals surface area contributed by atoms with Gasteiger partial charge in [0.05, 0.1) is 17.6 Å². The SMILES string of the molecule is Cc1nc(NC(=O)NC(=O)C2CCCC2)ccc1Oc1ccnc(-c2cnn(C)c2)c1. The number of aryl methyl sites for hydroxylation is 2. The minimum absolute atomic E-state index is 0.0758. The van der Waals surface area contributed by atoms with E-state index in [0.29, 0.717) is 23.0 Å². The van der Waals surface area contributed by atoms with Crippen LogP contribution in [0.3, 0.4) is 0 Å². The highest BCUT2D eigenvalue weighted by Crippen LogP contribution is 2.28. The number of urea groups is 1. The zero-order valence-electron chi connectivity index (χ0n) is 17.5. The zero-order valence-corrected chi connectivity index (χ0v) is 17.5. The van der Waals surface area contributed by atoms with Crippen LogP contribution in [-0.2, 0) is 11.8 Å². The summed E-state index contributed by atoms with van der Waals surface area (Å²) in [7, 11) is 1.85. The van der Waals surface area contributed by atoms with Gasteiger partial charge in [0.1, 0.15) is 17.3 Å². The third-order valence-electron chi connectivity index (χ3n) is 5.20. The number of amides is 3. The molecule has 0 aromatic carbocycles. The van der Waals surface area contributed by atoms with Crippen LogP contribution in [-0.4, -0.2) is 31.7 Å². The van der Waals surface area contributed by atoms with E-state index >= 15 is 0 Å². The van der Waals surface area contributed by atoms with Gasteiger partial charge in [-0.15, -0.1) is 0 Å². The number of hydrogen-bond acceptors (Lipinski definition) is 6. The molecular formula is C22H24N6O3. The first-order valence-electron chi connectivity index (χ1n) is 10.2. The van der Waals surface area contributed by atoms with E-state index in [0.717, 1.165) is 36.9 Å². The largest absolute Gasteiger partial charge is 0.455 e. The molecule has 9 heteroatoms. The second-order valence-electron chi connectivity index (χ2n) is 7.59. The minimum atomic E-state index is -0.576. The number of anilines is 1. The maximum atomic E-state index is 12.1. The number of nitrogens with zero attached hydrogens (tertiary/aromatic N) is 4. The fourth-order valence-electron chi connectivity index (χ4n) is 3.59. The molecule has 0 aliphatic heterocycles. The van der Waals surface area contributed by atoms with Crippen molar-refractivity contribution in [2.45, 2.75) is 32.6 Å². The first-order valence-corrected chi connectivity index (χ1v) is 10.2. The molecule has 31 heavy (non-hydrogen) atoms. The van der Waals surface area contributed by atoms with E-state index in [9.17, 15) is 9.59 Å². The Morgan fingerprint density at radius 1 is 1.19 bits per heavy atom. The molecule has 3 amide bonds. The number of rotatable bonds is 5. The number of nitrogens with one attached hydrogen (secondary N) is 2. The van der Waals surface area contributed by atoms with Crippen LogP contribution in [0.1, 0.15) is 31.4 Å². The summed E-state index contributed by atoms with van der Waals surface area (Å²) < 4.78 is 7.67. The molecule has 0 radical (unpaired) electrons. The molecule has 9 nitrogen and oxygen atoms in total. The van der Waals surface area contributed by atoms with Crippen molar-refractivity contribution in [1.82, 2.24) is 25.1 Å². The number of ether oxygens (including phenoxy) is 1. The number of hydrogen-bond donors (Lipinski definition) is 2. The monoisotopic (exact) mass is 420 g/mol. The predicted octanol–water partition coefficient (Wildman–Crippen LogP) is 3.82. The van der Waals surface area contributed by atoms with Gasteiger partial charge in [-0.05, 0) is 38.0 Å². The summed E-state index contributed by atoms with van der Waals surface area (Å²) in [4.78, 5) is 32.9. The fourth-order valence-corrected chi connectivity index (χ4v) is 3.59. The lowest BCUT2D eigenvalue weighted by Gasteiger charge is -2.12. The lowest BCUT2D eigenvalue weighted by Crippen LogP contribution is -2.38. The summed E-state index contributed by atoms with van der Waals surface area (Å²) in [6, 6.07) is 6.36. The summed E-state index contributed by atoms with van der Waals surface area (Å²) in [5.74, 6) is 1.20. The molecule has 2 N–H and O–H groups in total. The van der Waals surface area contributed by atoms with Gasteiger partial charge in [0.25, 0.3) is 0 Å². The summed E-state index contributed by atoms with van der Waals surface area (Å²) in [5, 5.41) is 9.16. The van der Waals surface area contributed by atoms with Gasteiger partial charge in [-0.1, -0.05) is 12.8 Å². The molecule has 0 unspecified atom stereocenters. The van der Waals surface area contributed by atoms with Crippen molar-refractivity contribution in [2.24, 2.45) is 13.0 Å². The minimum Gasteiger partial charge on any atom is -0.455 e. The molecule has 1 fully saturated rings. The summed E-state index contributed by atoms with van der Waals surface area (Å²) >= 11 is 0. The van der Waals surface area contributed by atoms with Gasteiger partial charge in [-0.2, -0.15) is 5.10 Å². The van der Waals surface area contributed by atoms with Crippen molar-refractivity contribution in [2.75, 3.05) is 5.32 Å². The first kappa shape index (κ1) is 20.5. The standard InChI is InChI=1S/C22H24N6O3/c1-14-19(31-17-9-10-23-18(11-17)16-12-24-28(2)13-16)7-8-20(25-14)26-22(30)27-21(29)15-5-3-4-6-15/h7-13,15H,3-6H2,1-2H3,(H2,25,26,27,29,30). The molecule has 0 saturated heterocycles. The maximum absolute atomic E-state index is 12.1. The second kappa shape index (κ2) is 8.95. The molecule has 3 heterocycles. The van der Waals surface area contributed by atoms with E-state index in [1.165, 1.54) is 0 Å². The molecular weight excluding hydrogens is 396 g/mol. The molecule has 1 aliphatic carbocycles. The molecule has 0 atom stereocenters. The van der Waals surface area contributed by atoms with Crippen LogP contribution < -0.4 is 15.4 Å². The van der Waals surface area contributed by atoms with Crippen LogP contribution in [0.25, 0.3) is 11.3 Å². The van der Waals surface area contributed by atoms with E-state index in [4.69, 9.17) is 4.74 Å². The predicted molar refractivity (Wildman–Crippen MR) is 115 cm³/mol. The Labute approximate surface area is 179 Å². The Bertz CT molecular complexity index is 1100. The van der Waals surface area contributed by atoms with Crippen LogP contribution in [0.4, 0.5) is 10.6 Å². The Morgan fingerprint density at radius 3 is 2.71 bits per heavy atom. The highest BCUT2D eigenvalue weighted by Gasteiger charge is 2.24. The summed E-state index contributed by atoms with van der Waals surface area (Å²) in [5.41, 5.74) is 2.23. The number of carbonyl (C=O) groups excluding carboxylic acids is 2. The molecule has 3 aromatic heterocycles. The lowest BCUT2D eigenvalue weighted by atomic mass is 10.1. The van der Waals surface area contributed by atoms with E-state index in [-0.39, 0.29) is 11.8 Å². The first-order chi connectivity index (χ1) is 15.0. The summed E-state index contributed by atoms with van der Waals surface area (Å²) in [6.45, 7) is 1.78. The van der Waals surface area contributed by atoms with Crippen LogP contribution in [0.15, 0.2) is 42.9 Å². The van der Waals surface area contributed by atoms with E-state index in [1.54, 1.807) is 42.2 Å². The average molecular weight is 420 g/mol. The van der Waals surface area contributed by atoms with Crippen LogP contribution in [0.2, 0.25) is 0 Å². The lowest BCUT2D eigenvalue weighted by molar-refractivity contribution is -0.123. The molecule has 0 spiro atoms. The highest BCUT2D eigenvalue weighted by atomic mass is 16.5. The fraction of sp³-hybridized carbons (Fsp3) is 0.318. The van der Waals surface area contributed by atoms with Gasteiger partial charge in [0.2, 0.25) is 5.91 Å². The van der Waals surface area contributed by atoms with Gasteiger partial charge in [-0.25, -0.2) is 9.78 Å². The Kier molecular flexibility index (Phi) is 5.92. The Balaban J connectivity index is 1.39. The van der Waals surface area contributed by atoms with Crippen LogP contribution in [0.5, 0.6) is 11.5 Å². The normalized spacial score (nSPS) is 13.7. The number of aromatic nitrogens is 4. The van der Waals surface area contributed by atoms with Gasteiger partial charge in [0.15, 0.2) is 0 Å². The van der Waals surface area contributed by atoms with Crippen molar-refractivity contribution >= 4 is 17.8 Å². The average Bonchev–Trinajstić information content (AvgIpc) is 3.42. The van der Waals surface area contributed by atoms with E-state index < -0.39 is 6.03 Å². The van der Waals surface area contributed by atoms with E-state index in [2.05, 4.69) is 25.7 Å². The maximum Gasteiger partial charge on any atom is 0.327 e. The topological polar surface area (TPSA) is 111 Å². The van der Waals surface area contributed by atoms with Crippen molar-refractivity contribution in [1.29, 1.82) is 0 Å². The third kappa shape index (κ3) is 5.06. The van der Waals surface area contributed by atoms with Gasteiger partial charge >= 0.3 is 6.03 Å². The molecule has 1 saturated carbocycles. The third-order valence-corrected chi connectivity index (χ3v) is 5.20. The van der Waals surface area contributed by atoms with Gasteiger partial charge in [0, 0.05) is 37.0 Å². The van der Waals surface area contributed by atoms with Gasteiger partial charge in [-0.3, -0.25) is 25.1 Å². The molecule has 0 bridgehead atoms. The number of pyridine rings is 2. The van der Waals surface area contributed by atoms with Crippen molar-refractivity contribution in [3.63, 3.8) is 0 Å². The van der Waals surface area contributed by atoms with Crippen molar-refractivity contribution in [3.8, 4) is 22.8 Å². The van der Waals surface area contributed by atoms with Crippen molar-refractivity contribution < 1.29 is 14.3 Å². The highest BCUT2D eigenvalue weighted by molar-refractivity contribution is 6.01. The smallest absolute Gasteiger partial charge is 0.327 e. The number of imide groups is 1. The second-order valence-corrected chi connectivity index (χ2v) is 7.59. The molecule has 3 aromatic rings. The van der Waals surface area contributed by atoms with Gasteiger partial charge < -0.3 is 4.74 Å². The Morgan fingerprint density at radius 2 is 2.00 bits per heavy atom. The molecule has 160 valence electrons. The zero-order chi connectivity index (χ0) is 21.8. The van der Waals surface area contributed by atoms with Crippen molar-refractivity contribution in [3.05, 3.63) is 48.5 Å².